The van der Waals surface area contributed by atoms with Crippen molar-refractivity contribution in [2.24, 2.45) is 4.99 Å². The number of nitrogens with one attached hydrogen (secondary N) is 2. The molecule has 4 heterocycles. The third kappa shape index (κ3) is 7.31. The first kappa shape index (κ1) is 25.8. The van der Waals surface area contributed by atoms with Crippen molar-refractivity contribution in [3.8, 4) is 0 Å². The third-order valence-electron chi connectivity index (χ3n) is 6.22. The number of pyridine rings is 1. The number of guanidine groups is 1. The van der Waals surface area contributed by atoms with Crippen LogP contribution in [0.1, 0.15) is 43.6 Å². The number of ether oxygens (including phenoxy) is 1. The van der Waals surface area contributed by atoms with Crippen LogP contribution in [-0.4, -0.2) is 68.3 Å². The van der Waals surface area contributed by atoms with E-state index in [0.29, 0.717) is 6.54 Å². The Morgan fingerprint density at radius 3 is 2.70 bits per heavy atom. The average molecular weight is 569 g/mol. The number of aliphatic imine (C=N–C) groups is 1. The summed E-state index contributed by atoms with van der Waals surface area (Å²) in [5, 5.41) is 6.90. The Hall–Kier alpha value is -1.85. The van der Waals surface area contributed by atoms with Crippen molar-refractivity contribution in [3.05, 3.63) is 48.0 Å². The van der Waals surface area contributed by atoms with Crippen molar-refractivity contribution in [3.63, 3.8) is 0 Å². The maximum absolute atomic E-state index is 5.75. The molecule has 2 aromatic rings. The van der Waals surface area contributed by atoms with E-state index in [1.165, 1.54) is 19.3 Å². The van der Waals surface area contributed by atoms with Crippen molar-refractivity contribution in [2.45, 2.75) is 44.9 Å². The molecule has 0 radical (unpaired) electrons. The SMILES string of the molecule is CN=C(NCc1ccc(N2CCOC(C)C2)nc1)NCC(c1ccco1)N1CCCCC1.I. The number of furan rings is 1. The van der Waals surface area contributed by atoms with Gasteiger partial charge in [0.15, 0.2) is 5.96 Å². The van der Waals surface area contributed by atoms with Crippen LogP contribution in [0.5, 0.6) is 0 Å². The second kappa shape index (κ2) is 13.1. The standard InChI is InChI=1S/C24H36N6O2.HI/c1-19-18-30(12-14-31-19)23-9-8-20(15-26-23)16-27-24(25-2)28-17-21(22-7-6-13-32-22)29-10-4-3-5-11-29;/h6-9,13,15,19,21H,3-5,10-12,14,16-18H2,1-2H3,(H2,25,27,28);1H. The van der Waals surface area contributed by atoms with Gasteiger partial charge in [-0.2, -0.15) is 0 Å². The molecule has 2 aromatic heterocycles. The van der Waals surface area contributed by atoms with E-state index in [2.05, 4.69) is 55.5 Å². The molecule has 8 nitrogen and oxygen atoms in total. The zero-order valence-corrected chi connectivity index (χ0v) is 22.0. The second-order valence-electron chi connectivity index (χ2n) is 8.59. The molecule has 0 bridgehead atoms. The summed E-state index contributed by atoms with van der Waals surface area (Å²) in [6, 6.07) is 8.46. The van der Waals surface area contributed by atoms with E-state index >= 15 is 0 Å². The summed E-state index contributed by atoms with van der Waals surface area (Å²) >= 11 is 0. The van der Waals surface area contributed by atoms with Crippen LogP contribution in [0.25, 0.3) is 0 Å². The maximum atomic E-state index is 5.75. The summed E-state index contributed by atoms with van der Waals surface area (Å²) in [5.74, 6) is 2.80. The Kier molecular flexibility index (Phi) is 10.3. The van der Waals surface area contributed by atoms with Crippen LogP contribution in [0.15, 0.2) is 46.1 Å². The van der Waals surface area contributed by atoms with E-state index < -0.39 is 0 Å². The quantitative estimate of drug-likeness (QED) is 0.301. The lowest BCUT2D eigenvalue weighted by molar-refractivity contribution is 0.0529. The minimum Gasteiger partial charge on any atom is -0.468 e. The third-order valence-corrected chi connectivity index (χ3v) is 6.22. The highest BCUT2D eigenvalue weighted by Crippen LogP contribution is 2.24. The van der Waals surface area contributed by atoms with Crippen LogP contribution in [0.2, 0.25) is 0 Å². The number of hydrogen-bond acceptors (Lipinski definition) is 6. The van der Waals surface area contributed by atoms with E-state index in [1.807, 2.05) is 12.3 Å². The zero-order chi connectivity index (χ0) is 22.2. The molecule has 4 rings (SSSR count). The van der Waals surface area contributed by atoms with Crippen molar-refractivity contribution in [1.29, 1.82) is 0 Å². The van der Waals surface area contributed by atoms with E-state index in [0.717, 1.165) is 62.4 Å². The smallest absolute Gasteiger partial charge is 0.191 e. The van der Waals surface area contributed by atoms with E-state index in [9.17, 15) is 0 Å². The molecular weight excluding hydrogens is 531 g/mol. The fourth-order valence-corrected chi connectivity index (χ4v) is 4.46. The van der Waals surface area contributed by atoms with Crippen LogP contribution in [-0.2, 0) is 11.3 Å². The minimum absolute atomic E-state index is 0. The number of halogens is 1. The van der Waals surface area contributed by atoms with Gasteiger partial charge < -0.3 is 24.7 Å². The van der Waals surface area contributed by atoms with Gasteiger partial charge in [-0.1, -0.05) is 12.5 Å². The number of aromatic nitrogens is 1. The molecule has 182 valence electrons. The molecule has 0 amide bonds. The van der Waals surface area contributed by atoms with E-state index in [1.54, 1.807) is 13.3 Å². The van der Waals surface area contributed by atoms with Crippen LogP contribution >= 0.6 is 24.0 Å². The van der Waals surface area contributed by atoms with E-state index in [4.69, 9.17) is 9.15 Å². The molecule has 2 N–H and O–H groups in total. The predicted molar refractivity (Wildman–Crippen MR) is 142 cm³/mol. The van der Waals surface area contributed by atoms with Gasteiger partial charge in [-0.3, -0.25) is 9.89 Å². The van der Waals surface area contributed by atoms with Gasteiger partial charge in [-0.15, -0.1) is 24.0 Å². The fraction of sp³-hybridized carbons (Fsp3) is 0.583. The van der Waals surface area contributed by atoms with E-state index in [-0.39, 0.29) is 36.1 Å². The molecule has 0 spiro atoms. The number of rotatable bonds is 7. The molecule has 9 heteroatoms. The largest absolute Gasteiger partial charge is 0.468 e. The summed E-state index contributed by atoms with van der Waals surface area (Å²) in [4.78, 5) is 13.9. The lowest BCUT2D eigenvalue weighted by Gasteiger charge is -2.33. The topological polar surface area (TPSA) is 78.2 Å². The van der Waals surface area contributed by atoms with Gasteiger partial charge in [-0.05, 0) is 56.6 Å². The van der Waals surface area contributed by atoms with Crippen molar-refractivity contribution < 1.29 is 9.15 Å². The molecule has 33 heavy (non-hydrogen) atoms. The average Bonchev–Trinajstić information content (AvgIpc) is 3.37. The van der Waals surface area contributed by atoms with Crippen molar-refractivity contribution in [2.75, 3.05) is 51.3 Å². The predicted octanol–water partition coefficient (Wildman–Crippen LogP) is 3.41. The Balaban J connectivity index is 0.00000306. The zero-order valence-electron chi connectivity index (χ0n) is 19.7. The maximum Gasteiger partial charge on any atom is 0.191 e. The van der Waals surface area contributed by atoms with Gasteiger partial charge in [0.25, 0.3) is 0 Å². The summed E-state index contributed by atoms with van der Waals surface area (Å²) in [7, 11) is 1.80. The lowest BCUT2D eigenvalue weighted by Crippen LogP contribution is -2.44. The number of nitrogens with zero attached hydrogens (tertiary/aromatic N) is 4. The monoisotopic (exact) mass is 568 g/mol. The van der Waals surface area contributed by atoms with Crippen LogP contribution < -0.4 is 15.5 Å². The van der Waals surface area contributed by atoms with Gasteiger partial charge in [0.2, 0.25) is 0 Å². The Labute approximate surface area is 214 Å². The molecule has 2 saturated heterocycles. The summed E-state index contributed by atoms with van der Waals surface area (Å²) < 4.78 is 11.4. The van der Waals surface area contributed by atoms with Crippen LogP contribution in [0.4, 0.5) is 5.82 Å². The fourth-order valence-electron chi connectivity index (χ4n) is 4.46. The molecule has 0 saturated carbocycles. The molecule has 2 unspecified atom stereocenters. The second-order valence-corrected chi connectivity index (χ2v) is 8.59. The number of hydrogen-bond donors (Lipinski definition) is 2. The molecule has 2 fully saturated rings. The Morgan fingerprint density at radius 1 is 1.18 bits per heavy atom. The summed E-state index contributed by atoms with van der Waals surface area (Å²) in [6.07, 6.45) is 7.75. The Bertz CT molecular complexity index is 839. The van der Waals surface area contributed by atoms with Crippen LogP contribution in [0.3, 0.4) is 0 Å². The highest BCUT2D eigenvalue weighted by molar-refractivity contribution is 14.0. The number of morpholine rings is 1. The molecule has 2 aliphatic heterocycles. The highest BCUT2D eigenvalue weighted by atomic mass is 127. The van der Waals surface area contributed by atoms with Gasteiger partial charge in [0.05, 0.1) is 25.0 Å². The van der Waals surface area contributed by atoms with Gasteiger partial charge in [-0.25, -0.2) is 4.98 Å². The van der Waals surface area contributed by atoms with Crippen molar-refractivity contribution in [1.82, 2.24) is 20.5 Å². The molecular formula is C24H37IN6O2. The van der Waals surface area contributed by atoms with Gasteiger partial charge >= 0.3 is 0 Å². The number of piperidine rings is 1. The Morgan fingerprint density at radius 2 is 2.03 bits per heavy atom. The summed E-state index contributed by atoms with van der Waals surface area (Å²) in [6.45, 7) is 8.27. The molecule has 2 atom stereocenters. The molecule has 0 aliphatic carbocycles. The highest BCUT2D eigenvalue weighted by Gasteiger charge is 2.24. The molecule has 0 aromatic carbocycles. The first-order chi connectivity index (χ1) is 15.7. The summed E-state index contributed by atoms with van der Waals surface area (Å²) in [5.41, 5.74) is 1.12. The van der Waals surface area contributed by atoms with Gasteiger partial charge in [0.1, 0.15) is 11.6 Å². The first-order valence-corrected chi connectivity index (χ1v) is 11.8. The minimum atomic E-state index is 0. The first-order valence-electron chi connectivity index (χ1n) is 11.8. The van der Waals surface area contributed by atoms with Crippen molar-refractivity contribution >= 4 is 35.8 Å². The number of likely N-dealkylation sites (tertiary alicyclic amines) is 1. The lowest BCUT2D eigenvalue weighted by atomic mass is 10.1. The number of anilines is 1. The van der Waals surface area contributed by atoms with Gasteiger partial charge in [0, 0.05) is 39.4 Å². The molecule has 2 aliphatic rings. The normalized spacial score (nSPS) is 20.7. The van der Waals surface area contributed by atoms with Crippen LogP contribution in [0, 0.1) is 0 Å².